The maximum Gasteiger partial charge on any atom is 0.222 e. The van der Waals surface area contributed by atoms with Crippen molar-refractivity contribution < 1.29 is 0 Å². The van der Waals surface area contributed by atoms with E-state index < -0.39 is 0 Å². The average molecular weight is 205 g/mol. The smallest absolute Gasteiger partial charge is 0.222 e. The summed E-state index contributed by atoms with van der Waals surface area (Å²) in [5.41, 5.74) is 6.96. The lowest BCUT2D eigenvalue weighted by Crippen LogP contribution is -1.97. The van der Waals surface area contributed by atoms with Crippen molar-refractivity contribution in [1.82, 2.24) is 14.8 Å². The van der Waals surface area contributed by atoms with Crippen LogP contribution in [0.4, 0.5) is 5.95 Å². The van der Waals surface area contributed by atoms with Crippen molar-refractivity contribution in [2.24, 2.45) is 7.05 Å². The van der Waals surface area contributed by atoms with Crippen molar-refractivity contribution >= 4 is 29.3 Å². The van der Waals surface area contributed by atoms with Gasteiger partial charge in [-0.3, -0.25) is 4.57 Å². The first kappa shape index (κ1) is 9.41. The molecule has 0 aliphatic heterocycles. The number of aromatic nitrogens is 3. The molecule has 0 atom stereocenters. The third kappa shape index (κ3) is 2.15. The summed E-state index contributed by atoms with van der Waals surface area (Å²) >= 11 is 6.88. The van der Waals surface area contributed by atoms with Gasteiger partial charge in [-0.05, 0) is 0 Å². The number of nitrogens with zero attached hydrogens (tertiary/aromatic N) is 3. The van der Waals surface area contributed by atoms with E-state index in [4.69, 9.17) is 17.3 Å². The second-order valence-corrected chi connectivity index (χ2v) is 3.31. The van der Waals surface area contributed by atoms with E-state index in [-0.39, 0.29) is 0 Å². The molecule has 0 fully saturated rings. The Morgan fingerprint density at radius 2 is 2.42 bits per heavy atom. The number of rotatable bonds is 3. The summed E-state index contributed by atoms with van der Waals surface area (Å²) in [5, 5.41) is 8.36. The first-order chi connectivity index (χ1) is 5.75. The summed E-state index contributed by atoms with van der Waals surface area (Å²) < 4.78 is 1.73. The van der Waals surface area contributed by atoms with E-state index in [9.17, 15) is 0 Å². The maximum absolute atomic E-state index is 5.48. The molecule has 0 spiro atoms. The van der Waals surface area contributed by atoms with Crippen LogP contribution in [0.15, 0.2) is 16.8 Å². The van der Waals surface area contributed by atoms with Crippen LogP contribution >= 0.6 is 23.4 Å². The molecule has 0 saturated carbocycles. The van der Waals surface area contributed by atoms with E-state index >= 15 is 0 Å². The number of nitrogen functional groups attached to an aromatic ring is 1. The highest BCUT2D eigenvalue weighted by molar-refractivity contribution is 7.99. The Morgan fingerprint density at radius 1 is 1.67 bits per heavy atom. The molecule has 1 heterocycles. The molecule has 4 nitrogen and oxygen atoms in total. The van der Waals surface area contributed by atoms with Crippen LogP contribution in [0.5, 0.6) is 0 Å². The van der Waals surface area contributed by atoms with Gasteiger partial charge in [0.2, 0.25) is 5.95 Å². The van der Waals surface area contributed by atoms with E-state index in [1.807, 2.05) is 13.1 Å². The fraction of sp³-hybridized carbons (Fsp3) is 0.333. The molecule has 0 aromatic carbocycles. The fourth-order valence-electron chi connectivity index (χ4n) is 0.611. The van der Waals surface area contributed by atoms with Gasteiger partial charge < -0.3 is 5.73 Å². The summed E-state index contributed by atoms with van der Waals surface area (Å²) in [6, 6.07) is 0. The van der Waals surface area contributed by atoms with Crippen LogP contribution < -0.4 is 5.73 Å². The predicted molar refractivity (Wildman–Crippen MR) is 51.1 cm³/mol. The van der Waals surface area contributed by atoms with Gasteiger partial charge in [0, 0.05) is 18.3 Å². The van der Waals surface area contributed by atoms with Gasteiger partial charge in [0.1, 0.15) is 0 Å². The Kier molecular flexibility index (Phi) is 3.43. The lowest BCUT2D eigenvalue weighted by atomic mass is 10.8. The van der Waals surface area contributed by atoms with Gasteiger partial charge in [-0.15, -0.1) is 10.2 Å². The Hall–Kier alpha value is -0.680. The highest BCUT2D eigenvalue weighted by Crippen LogP contribution is 2.15. The molecule has 66 valence electrons. The molecule has 1 aromatic rings. The SMILES string of the molecule is Cn1c(N)nnc1SC/C=C/Cl. The highest BCUT2D eigenvalue weighted by atomic mass is 35.5. The number of hydrogen-bond acceptors (Lipinski definition) is 4. The summed E-state index contributed by atoms with van der Waals surface area (Å²) in [6.45, 7) is 0. The molecule has 0 unspecified atom stereocenters. The van der Waals surface area contributed by atoms with Gasteiger partial charge in [-0.1, -0.05) is 29.4 Å². The predicted octanol–water partition coefficient (Wildman–Crippen LogP) is 1.24. The van der Waals surface area contributed by atoms with Gasteiger partial charge in [0.05, 0.1) is 0 Å². The molecule has 0 radical (unpaired) electrons. The van der Waals surface area contributed by atoms with Crippen LogP contribution in [-0.2, 0) is 7.05 Å². The number of thioether (sulfide) groups is 1. The van der Waals surface area contributed by atoms with Crippen molar-refractivity contribution in [3.8, 4) is 0 Å². The van der Waals surface area contributed by atoms with Crippen LogP contribution in [0.25, 0.3) is 0 Å². The Morgan fingerprint density at radius 3 is 2.92 bits per heavy atom. The number of hydrogen-bond donors (Lipinski definition) is 1. The van der Waals surface area contributed by atoms with E-state index in [1.54, 1.807) is 4.57 Å². The minimum Gasteiger partial charge on any atom is -0.368 e. The molecule has 1 aromatic heterocycles. The average Bonchev–Trinajstić information content (AvgIpc) is 2.36. The Balaban J connectivity index is 2.57. The molecule has 12 heavy (non-hydrogen) atoms. The molecule has 0 aliphatic carbocycles. The minimum absolute atomic E-state index is 0.423. The van der Waals surface area contributed by atoms with Crippen LogP contribution in [-0.4, -0.2) is 20.5 Å². The fourth-order valence-corrected chi connectivity index (χ4v) is 1.53. The van der Waals surface area contributed by atoms with Crippen LogP contribution in [0, 0.1) is 0 Å². The largest absolute Gasteiger partial charge is 0.368 e. The molecule has 0 aliphatic rings. The van der Waals surface area contributed by atoms with E-state index in [1.165, 1.54) is 17.3 Å². The number of halogens is 1. The van der Waals surface area contributed by atoms with E-state index in [2.05, 4.69) is 10.2 Å². The third-order valence-electron chi connectivity index (χ3n) is 1.27. The van der Waals surface area contributed by atoms with Gasteiger partial charge in [0.25, 0.3) is 0 Å². The summed E-state index contributed by atoms with van der Waals surface area (Å²) in [7, 11) is 1.82. The van der Waals surface area contributed by atoms with Gasteiger partial charge in [-0.2, -0.15) is 0 Å². The second kappa shape index (κ2) is 4.37. The van der Waals surface area contributed by atoms with Crippen molar-refractivity contribution in [3.63, 3.8) is 0 Å². The molecule has 0 amide bonds. The summed E-state index contributed by atoms with van der Waals surface area (Å²) in [6.07, 6.45) is 1.83. The number of nitrogens with two attached hydrogens (primary N) is 1. The number of anilines is 1. The van der Waals surface area contributed by atoms with Gasteiger partial charge in [-0.25, -0.2) is 0 Å². The quantitative estimate of drug-likeness (QED) is 0.753. The molecule has 0 saturated heterocycles. The normalized spacial score (nSPS) is 11.2. The molecular weight excluding hydrogens is 196 g/mol. The van der Waals surface area contributed by atoms with Crippen molar-refractivity contribution in [2.75, 3.05) is 11.5 Å². The van der Waals surface area contributed by atoms with Crippen LogP contribution in [0.3, 0.4) is 0 Å². The monoisotopic (exact) mass is 204 g/mol. The topological polar surface area (TPSA) is 56.7 Å². The molecule has 6 heteroatoms. The lowest BCUT2D eigenvalue weighted by Gasteiger charge is -1.96. The van der Waals surface area contributed by atoms with Crippen LogP contribution in [0.2, 0.25) is 0 Å². The Bertz CT molecular complexity index is 283. The standard InChI is InChI=1S/C6H9ClN4S/c1-11-5(8)9-10-6(11)12-4-2-3-7/h2-3H,4H2,1H3,(H2,8,9)/b3-2+. The van der Waals surface area contributed by atoms with Gasteiger partial charge >= 0.3 is 0 Å². The zero-order chi connectivity index (χ0) is 8.97. The highest BCUT2D eigenvalue weighted by Gasteiger charge is 2.03. The molecule has 2 N–H and O–H groups in total. The summed E-state index contributed by atoms with van der Waals surface area (Å²) in [5.74, 6) is 1.20. The van der Waals surface area contributed by atoms with E-state index in [0.29, 0.717) is 5.95 Å². The molecular formula is C6H9ClN4S. The lowest BCUT2D eigenvalue weighted by molar-refractivity contribution is 0.797. The first-order valence-corrected chi connectivity index (χ1v) is 4.70. The second-order valence-electron chi connectivity index (χ2n) is 2.07. The van der Waals surface area contributed by atoms with E-state index in [0.717, 1.165) is 10.9 Å². The van der Waals surface area contributed by atoms with Crippen molar-refractivity contribution in [1.29, 1.82) is 0 Å². The maximum atomic E-state index is 5.48. The molecule has 1 rings (SSSR count). The summed E-state index contributed by atoms with van der Waals surface area (Å²) in [4.78, 5) is 0. The molecule has 0 bridgehead atoms. The zero-order valence-electron chi connectivity index (χ0n) is 6.57. The van der Waals surface area contributed by atoms with Crippen LogP contribution in [0.1, 0.15) is 0 Å². The minimum atomic E-state index is 0.423. The third-order valence-corrected chi connectivity index (χ3v) is 2.42. The van der Waals surface area contributed by atoms with Gasteiger partial charge in [0.15, 0.2) is 5.16 Å². The Labute approximate surface area is 79.8 Å². The van der Waals surface area contributed by atoms with Crippen molar-refractivity contribution in [2.45, 2.75) is 5.16 Å². The zero-order valence-corrected chi connectivity index (χ0v) is 8.14. The first-order valence-electron chi connectivity index (χ1n) is 3.28. The van der Waals surface area contributed by atoms with Crippen molar-refractivity contribution in [3.05, 3.63) is 11.6 Å².